The van der Waals surface area contributed by atoms with Gasteiger partial charge in [0.2, 0.25) is 0 Å². The Balaban J connectivity index is 2.26. The van der Waals surface area contributed by atoms with E-state index in [0.29, 0.717) is 11.3 Å². The van der Waals surface area contributed by atoms with Crippen LogP contribution in [-0.2, 0) is 0 Å². The molecule has 0 aliphatic rings. The summed E-state index contributed by atoms with van der Waals surface area (Å²) in [6.45, 7) is 2.04. The first kappa shape index (κ1) is 14.8. The quantitative estimate of drug-likeness (QED) is 0.906. The van der Waals surface area contributed by atoms with Crippen LogP contribution in [0.4, 0.5) is 17.1 Å². The summed E-state index contributed by atoms with van der Waals surface area (Å²) in [4.78, 5) is 18.4. The van der Waals surface area contributed by atoms with Crippen molar-refractivity contribution in [3.63, 3.8) is 0 Å². The van der Waals surface area contributed by atoms with Crippen LogP contribution in [0, 0.1) is 6.92 Å². The van der Waals surface area contributed by atoms with E-state index in [0.717, 1.165) is 16.9 Å². The predicted octanol–water partition coefficient (Wildman–Crippen LogP) is 2.75. The van der Waals surface area contributed by atoms with E-state index < -0.39 is 0 Å². The lowest BCUT2D eigenvalue weighted by atomic mass is 10.1. The summed E-state index contributed by atoms with van der Waals surface area (Å²) in [6, 6.07) is 7.56. The summed E-state index contributed by atoms with van der Waals surface area (Å²) in [5, 5.41) is 5.89. The van der Waals surface area contributed by atoms with Crippen LogP contribution in [0.1, 0.15) is 15.9 Å². The van der Waals surface area contributed by atoms with Crippen molar-refractivity contribution < 1.29 is 4.79 Å². The average molecular weight is 284 g/mol. The minimum Gasteiger partial charge on any atom is -0.386 e. The predicted molar refractivity (Wildman–Crippen MR) is 87.2 cm³/mol. The van der Waals surface area contributed by atoms with Crippen molar-refractivity contribution in [2.75, 3.05) is 36.7 Å². The van der Waals surface area contributed by atoms with Crippen LogP contribution in [0.15, 0.2) is 36.7 Å². The van der Waals surface area contributed by atoms with Gasteiger partial charge in [-0.25, -0.2) is 0 Å². The summed E-state index contributed by atoms with van der Waals surface area (Å²) in [5.74, 6) is -0.157. The van der Waals surface area contributed by atoms with Crippen LogP contribution in [0.25, 0.3) is 0 Å². The topological polar surface area (TPSA) is 57.3 Å². The van der Waals surface area contributed by atoms with E-state index in [9.17, 15) is 4.79 Å². The molecule has 1 heterocycles. The van der Waals surface area contributed by atoms with Crippen molar-refractivity contribution >= 4 is 23.0 Å². The third-order valence-corrected chi connectivity index (χ3v) is 3.28. The second-order valence-corrected chi connectivity index (χ2v) is 5.02. The van der Waals surface area contributed by atoms with E-state index in [2.05, 4.69) is 15.6 Å². The summed E-state index contributed by atoms with van der Waals surface area (Å²) in [6.07, 6.45) is 3.24. The highest BCUT2D eigenvalue weighted by atomic mass is 16.1. The maximum absolute atomic E-state index is 12.4. The number of pyridine rings is 1. The van der Waals surface area contributed by atoms with Crippen molar-refractivity contribution in [3.05, 3.63) is 47.8 Å². The molecule has 1 aromatic carbocycles. The molecule has 2 aromatic rings. The molecule has 0 bridgehead atoms. The Kier molecular flexibility index (Phi) is 4.42. The molecule has 1 aromatic heterocycles. The van der Waals surface area contributed by atoms with Crippen LogP contribution in [0.5, 0.6) is 0 Å². The molecule has 0 radical (unpaired) electrons. The van der Waals surface area contributed by atoms with E-state index in [-0.39, 0.29) is 5.91 Å². The summed E-state index contributed by atoms with van der Waals surface area (Å²) >= 11 is 0. The molecule has 2 N–H and O–H groups in total. The van der Waals surface area contributed by atoms with Crippen LogP contribution in [0.3, 0.4) is 0 Å². The normalized spacial score (nSPS) is 10.1. The molecule has 1 amide bonds. The molecule has 2 rings (SSSR count). The molecule has 21 heavy (non-hydrogen) atoms. The monoisotopic (exact) mass is 284 g/mol. The first-order chi connectivity index (χ1) is 10.0. The molecule has 0 atom stereocenters. The number of benzene rings is 1. The molecule has 0 aliphatic heterocycles. The molecule has 5 heteroatoms. The van der Waals surface area contributed by atoms with E-state index in [1.54, 1.807) is 25.5 Å². The lowest BCUT2D eigenvalue weighted by molar-refractivity contribution is 0.102. The van der Waals surface area contributed by atoms with E-state index >= 15 is 0 Å². The number of nitrogens with zero attached hydrogens (tertiary/aromatic N) is 2. The lowest BCUT2D eigenvalue weighted by Crippen LogP contribution is -2.15. The van der Waals surface area contributed by atoms with Crippen LogP contribution < -0.4 is 15.5 Å². The first-order valence-electron chi connectivity index (χ1n) is 6.74. The molecule has 0 saturated carbocycles. The van der Waals surface area contributed by atoms with Gasteiger partial charge in [-0.1, -0.05) is 6.07 Å². The minimum atomic E-state index is -0.157. The molecule has 0 aliphatic carbocycles. The van der Waals surface area contributed by atoms with Gasteiger partial charge in [0, 0.05) is 38.7 Å². The number of nitrogens with one attached hydrogen (secondary N) is 2. The number of hydrogen-bond donors (Lipinski definition) is 2. The smallest absolute Gasteiger partial charge is 0.257 e. The standard InChI is InChI=1S/C16H20N4O/c1-11-5-6-12(9-15(11)20(3)4)19-16(21)13-7-8-18-10-14(13)17-2/h5-10,17H,1-4H3,(H,19,21). The fraction of sp³-hybridized carbons (Fsp3) is 0.250. The van der Waals surface area contributed by atoms with Gasteiger partial charge < -0.3 is 15.5 Å². The second kappa shape index (κ2) is 6.26. The van der Waals surface area contributed by atoms with Gasteiger partial charge in [-0.05, 0) is 30.7 Å². The number of anilines is 3. The van der Waals surface area contributed by atoms with E-state index in [1.165, 1.54) is 0 Å². The maximum atomic E-state index is 12.4. The molecular weight excluding hydrogens is 264 g/mol. The lowest BCUT2D eigenvalue weighted by Gasteiger charge is -2.17. The van der Waals surface area contributed by atoms with Crippen molar-refractivity contribution in [1.29, 1.82) is 0 Å². The minimum absolute atomic E-state index is 0.157. The van der Waals surface area contributed by atoms with Gasteiger partial charge in [0.1, 0.15) is 0 Å². The number of rotatable bonds is 4. The Labute approximate surface area is 125 Å². The van der Waals surface area contributed by atoms with Crippen LogP contribution >= 0.6 is 0 Å². The number of carbonyl (C=O) groups excluding carboxylic acids is 1. The Bertz CT molecular complexity index is 652. The van der Waals surface area contributed by atoms with Crippen molar-refractivity contribution in [3.8, 4) is 0 Å². The summed E-state index contributed by atoms with van der Waals surface area (Å²) in [7, 11) is 5.73. The van der Waals surface area contributed by atoms with Gasteiger partial charge in [0.25, 0.3) is 5.91 Å². The average Bonchev–Trinajstić information content (AvgIpc) is 2.48. The van der Waals surface area contributed by atoms with Gasteiger partial charge in [0.15, 0.2) is 0 Å². The first-order valence-corrected chi connectivity index (χ1v) is 6.74. The molecule has 0 spiro atoms. The van der Waals surface area contributed by atoms with Gasteiger partial charge in [0.05, 0.1) is 17.4 Å². The zero-order valence-electron chi connectivity index (χ0n) is 12.8. The van der Waals surface area contributed by atoms with Crippen molar-refractivity contribution in [1.82, 2.24) is 4.98 Å². The Morgan fingerprint density at radius 3 is 2.67 bits per heavy atom. The van der Waals surface area contributed by atoms with Crippen LogP contribution in [0.2, 0.25) is 0 Å². The zero-order chi connectivity index (χ0) is 15.4. The number of aryl methyl sites for hydroxylation is 1. The van der Waals surface area contributed by atoms with Gasteiger partial charge in [-0.2, -0.15) is 0 Å². The number of amides is 1. The maximum Gasteiger partial charge on any atom is 0.257 e. The van der Waals surface area contributed by atoms with Crippen molar-refractivity contribution in [2.45, 2.75) is 6.92 Å². The van der Waals surface area contributed by atoms with Crippen LogP contribution in [-0.4, -0.2) is 32.0 Å². The fourth-order valence-electron chi connectivity index (χ4n) is 2.16. The third kappa shape index (κ3) is 3.31. The second-order valence-electron chi connectivity index (χ2n) is 5.02. The highest BCUT2D eigenvalue weighted by Gasteiger charge is 2.11. The van der Waals surface area contributed by atoms with E-state index in [4.69, 9.17) is 0 Å². The SMILES string of the molecule is CNc1cnccc1C(=O)Nc1ccc(C)c(N(C)C)c1. The number of hydrogen-bond acceptors (Lipinski definition) is 4. The Morgan fingerprint density at radius 1 is 1.24 bits per heavy atom. The van der Waals surface area contributed by atoms with E-state index in [1.807, 2.05) is 44.1 Å². The van der Waals surface area contributed by atoms with Gasteiger partial charge >= 0.3 is 0 Å². The summed E-state index contributed by atoms with van der Waals surface area (Å²) < 4.78 is 0. The van der Waals surface area contributed by atoms with Crippen molar-refractivity contribution in [2.24, 2.45) is 0 Å². The Morgan fingerprint density at radius 2 is 2.00 bits per heavy atom. The number of carbonyl (C=O) groups is 1. The molecule has 0 fully saturated rings. The zero-order valence-corrected chi connectivity index (χ0v) is 12.8. The highest BCUT2D eigenvalue weighted by molar-refractivity contribution is 6.08. The number of aromatic nitrogens is 1. The van der Waals surface area contributed by atoms with Gasteiger partial charge in [-0.3, -0.25) is 9.78 Å². The summed E-state index contributed by atoms with van der Waals surface area (Å²) in [5.41, 5.74) is 4.29. The largest absolute Gasteiger partial charge is 0.386 e. The highest BCUT2D eigenvalue weighted by Crippen LogP contribution is 2.23. The molecule has 0 unspecified atom stereocenters. The molecule has 5 nitrogen and oxygen atoms in total. The molecular formula is C16H20N4O. The van der Waals surface area contributed by atoms with Gasteiger partial charge in [-0.15, -0.1) is 0 Å². The third-order valence-electron chi connectivity index (χ3n) is 3.28. The fourth-order valence-corrected chi connectivity index (χ4v) is 2.16. The molecule has 110 valence electrons. The molecule has 0 saturated heterocycles. The Hall–Kier alpha value is -2.56.